The number of hydrogen-bond donors (Lipinski definition) is 4. The van der Waals surface area contributed by atoms with E-state index in [-0.39, 0.29) is 12.1 Å². The van der Waals surface area contributed by atoms with E-state index >= 15 is 0 Å². The largest absolute Gasteiger partial charge is 0.480 e. The van der Waals surface area contributed by atoms with E-state index in [2.05, 4.69) is 15.6 Å². The molecule has 0 bridgehead atoms. The normalized spacial score (nSPS) is 12.2. The van der Waals surface area contributed by atoms with Gasteiger partial charge in [-0.2, -0.15) is 0 Å². The number of carbonyl (C=O) groups is 3. The van der Waals surface area contributed by atoms with Crippen molar-refractivity contribution in [2.45, 2.75) is 19.4 Å². The molecule has 35 heavy (non-hydrogen) atoms. The van der Waals surface area contributed by atoms with Crippen LogP contribution < -0.4 is 10.6 Å². The van der Waals surface area contributed by atoms with Crippen LogP contribution in [0.2, 0.25) is 0 Å². The van der Waals surface area contributed by atoms with Gasteiger partial charge in [0.2, 0.25) is 0 Å². The molecule has 4 N–H and O–H groups in total. The fourth-order valence-electron chi connectivity index (χ4n) is 3.73. The van der Waals surface area contributed by atoms with Crippen molar-refractivity contribution < 1.29 is 19.5 Å². The summed E-state index contributed by atoms with van der Waals surface area (Å²) >= 11 is 0. The standard InChI is InChI=1S/C28H25N3O4/c1-18-11-13-19(14-12-18)15-24(30-26(32)20-7-3-2-4-8-20)27(33)31-25(28(34)35)16-21-17-29-23-10-6-5-9-22(21)23/h2-15,17,25,29H,16H2,1H3,(H,30,32)(H,31,33)(H,34,35)/b24-15+/t25-/m1/s1. The van der Waals surface area contributed by atoms with Crippen molar-refractivity contribution in [1.29, 1.82) is 0 Å². The molecule has 2 amide bonds. The number of aromatic amines is 1. The van der Waals surface area contributed by atoms with Crippen molar-refractivity contribution >= 4 is 34.8 Å². The maximum absolute atomic E-state index is 13.2. The summed E-state index contributed by atoms with van der Waals surface area (Å²) in [5, 5.41) is 15.9. The summed E-state index contributed by atoms with van der Waals surface area (Å²) in [5.41, 5.74) is 3.72. The van der Waals surface area contributed by atoms with Crippen LogP contribution >= 0.6 is 0 Å². The van der Waals surface area contributed by atoms with Gasteiger partial charge in [-0.15, -0.1) is 0 Å². The van der Waals surface area contributed by atoms with E-state index in [0.29, 0.717) is 11.1 Å². The number of aromatic nitrogens is 1. The zero-order valence-corrected chi connectivity index (χ0v) is 19.1. The number of fused-ring (bicyclic) bond motifs is 1. The molecule has 3 aromatic carbocycles. The number of carbonyl (C=O) groups excluding carboxylic acids is 2. The molecule has 7 nitrogen and oxygen atoms in total. The summed E-state index contributed by atoms with van der Waals surface area (Å²) in [6, 6.07) is 22.3. The SMILES string of the molecule is Cc1ccc(/C=C(/NC(=O)c2ccccc2)C(=O)N[C@H](Cc2c[nH]c3ccccc23)C(=O)O)cc1. The van der Waals surface area contributed by atoms with E-state index in [9.17, 15) is 19.5 Å². The van der Waals surface area contributed by atoms with E-state index in [1.807, 2.05) is 55.5 Å². The maximum Gasteiger partial charge on any atom is 0.326 e. The van der Waals surface area contributed by atoms with Crippen molar-refractivity contribution in [2.24, 2.45) is 0 Å². The van der Waals surface area contributed by atoms with Gasteiger partial charge in [-0.3, -0.25) is 9.59 Å². The Balaban J connectivity index is 1.59. The van der Waals surface area contributed by atoms with Gasteiger partial charge in [0.25, 0.3) is 11.8 Å². The van der Waals surface area contributed by atoms with E-state index in [0.717, 1.165) is 22.0 Å². The molecule has 0 unspecified atom stereocenters. The molecule has 1 aromatic heterocycles. The van der Waals surface area contributed by atoms with Crippen LogP contribution in [0.4, 0.5) is 0 Å². The fraction of sp³-hybridized carbons (Fsp3) is 0.107. The first-order valence-electron chi connectivity index (χ1n) is 11.1. The molecular formula is C28H25N3O4. The minimum atomic E-state index is -1.20. The second-order valence-corrected chi connectivity index (χ2v) is 8.22. The number of amides is 2. The molecular weight excluding hydrogens is 442 g/mol. The topological polar surface area (TPSA) is 111 Å². The molecule has 0 fully saturated rings. The van der Waals surface area contributed by atoms with Gasteiger partial charge in [-0.05, 0) is 42.3 Å². The number of hydrogen-bond acceptors (Lipinski definition) is 3. The second kappa shape index (κ2) is 10.5. The van der Waals surface area contributed by atoms with Crippen LogP contribution in [0.5, 0.6) is 0 Å². The molecule has 4 aromatic rings. The number of aliphatic carboxylic acids is 1. The third kappa shape index (κ3) is 5.83. The summed E-state index contributed by atoms with van der Waals surface area (Å²) in [7, 11) is 0. The van der Waals surface area contributed by atoms with Gasteiger partial charge in [-0.1, -0.05) is 66.2 Å². The van der Waals surface area contributed by atoms with E-state index < -0.39 is 23.8 Å². The average Bonchev–Trinajstić information content (AvgIpc) is 3.27. The number of aryl methyl sites for hydroxylation is 1. The molecule has 1 atom stereocenters. The zero-order valence-electron chi connectivity index (χ0n) is 19.1. The molecule has 0 radical (unpaired) electrons. The van der Waals surface area contributed by atoms with Crippen LogP contribution in [0.15, 0.2) is 90.8 Å². The predicted molar refractivity (Wildman–Crippen MR) is 135 cm³/mol. The molecule has 7 heteroatoms. The number of carboxylic acids is 1. The zero-order chi connectivity index (χ0) is 24.8. The smallest absolute Gasteiger partial charge is 0.326 e. The number of nitrogens with one attached hydrogen (secondary N) is 3. The Hall–Kier alpha value is -4.65. The van der Waals surface area contributed by atoms with Gasteiger partial charge in [0, 0.05) is 29.1 Å². The Morgan fingerprint density at radius 1 is 0.943 bits per heavy atom. The molecule has 0 aliphatic heterocycles. The molecule has 176 valence electrons. The molecule has 0 spiro atoms. The lowest BCUT2D eigenvalue weighted by molar-refractivity contribution is -0.141. The van der Waals surface area contributed by atoms with Crippen molar-refractivity contribution in [3.63, 3.8) is 0 Å². The van der Waals surface area contributed by atoms with Gasteiger partial charge in [0.05, 0.1) is 0 Å². The average molecular weight is 468 g/mol. The lowest BCUT2D eigenvalue weighted by Crippen LogP contribution is -2.45. The first-order valence-corrected chi connectivity index (χ1v) is 11.1. The van der Waals surface area contributed by atoms with E-state index in [1.165, 1.54) is 6.08 Å². The van der Waals surface area contributed by atoms with E-state index in [1.54, 1.807) is 36.5 Å². The molecule has 0 aliphatic rings. The first-order chi connectivity index (χ1) is 16.9. The van der Waals surface area contributed by atoms with Gasteiger partial charge >= 0.3 is 5.97 Å². The molecule has 0 aliphatic carbocycles. The van der Waals surface area contributed by atoms with Crippen LogP contribution in [0.3, 0.4) is 0 Å². The highest BCUT2D eigenvalue weighted by Gasteiger charge is 2.24. The lowest BCUT2D eigenvalue weighted by Gasteiger charge is -2.17. The van der Waals surface area contributed by atoms with Gasteiger partial charge in [0.15, 0.2) is 0 Å². The summed E-state index contributed by atoms with van der Waals surface area (Å²) in [5.74, 6) is -2.34. The summed E-state index contributed by atoms with van der Waals surface area (Å²) < 4.78 is 0. The Morgan fingerprint density at radius 3 is 2.34 bits per heavy atom. The maximum atomic E-state index is 13.2. The van der Waals surface area contributed by atoms with Gasteiger partial charge in [-0.25, -0.2) is 4.79 Å². The number of carboxylic acid groups (broad SMARTS) is 1. The van der Waals surface area contributed by atoms with Crippen LogP contribution in [-0.4, -0.2) is 33.9 Å². The molecule has 1 heterocycles. The monoisotopic (exact) mass is 467 g/mol. The van der Waals surface area contributed by atoms with Crippen molar-refractivity contribution in [3.05, 3.63) is 113 Å². The van der Waals surface area contributed by atoms with Gasteiger partial charge < -0.3 is 20.7 Å². The lowest BCUT2D eigenvalue weighted by atomic mass is 10.0. The summed E-state index contributed by atoms with van der Waals surface area (Å²) in [6.45, 7) is 1.94. The highest BCUT2D eigenvalue weighted by atomic mass is 16.4. The van der Waals surface area contributed by atoms with Crippen LogP contribution in [0, 0.1) is 6.92 Å². The van der Waals surface area contributed by atoms with Crippen molar-refractivity contribution in [2.75, 3.05) is 0 Å². The second-order valence-electron chi connectivity index (χ2n) is 8.22. The summed E-state index contributed by atoms with van der Waals surface area (Å²) in [6.07, 6.45) is 3.35. The van der Waals surface area contributed by atoms with Gasteiger partial charge in [0.1, 0.15) is 11.7 Å². The number of benzene rings is 3. The highest BCUT2D eigenvalue weighted by Crippen LogP contribution is 2.19. The molecule has 0 saturated heterocycles. The van der Waals surface area contributed by atoms with E-state index in [4.69, 9.17) is 0 Å². The van der Waals surface area contributed by atoms with Crippen LogP contribution in [0.1, 0.15) is 27.0 Å². The van der Waals surface area contributed by atoms with Crippen LogP contribution in [0.25, 0.3) is 17.0 Å². The minimum absolute atomic E-state index is 0.0483. The third-order valence-corrected chi connectivity index (χ3v) is 5.62. The van der Waals surface area contributed by atoms with Crippen molar-refractivity contribution in [3.8, 4) is 0 Å². The minimum Gasteiger partial charge on any atom is -0.480 e. The molecule has 0 saturated carbocycles. The third-order valence-electron chi connectivity index (χ3n) is 5.62. The molecule has 4 rings (SSSR count). The first kappa shape index (κ1) is 23.5. The number of H-pyrrole nitrogens is 1. The Kier molecular flexibility index (Phi) is 7.07. The van der Waals surface area contributed by atoms with Crippen molar-refractivity contribution in [1.82, 2.24) is 15.6 Å². The Morgan fingerprint density at radius 2 is 1.63 bits per heavy atom. The highest BCUT2D eigenvalue weighted by molar-refractivity contribution is 6.06. The number of rotatable bonds is 8. The predicted octanol–water partition coefficient (Wildman–Crippen LogP) is 4.06. The fourth-order valence-corrected chi connectivity index (χ4v) is 3.73. The summed E-state index contributed by atoms with van der Waals surface area (Å²) in [4.78, 5) is 41.1. The quantitative estimate of drug-likeness (QED) is 0.293. The Bertz CT molecular complexity index is 1390. The number of para-hydroxylation sites is 1. The van der Waals surface area contributed by atoms with Crippen LogP contribution in [-0.2, 0) is 16.0 Å². The Labute approximate surface area is 202 Å².